The molecule has 1 rings (SSSR count). The monoisotopic (exact) mass is 254 g/mol. The van der Waals surface area contributed by atoms with Crippen LogP contribution in [-0.2, 0) is 14.3 Å². The second-order valence-electron chi connectivity index (χ2n) is 4.84. The fourth-order valence-electron chi connectivity index (χ4n) is 2.29. The van der Waals surface area contributed by atoms with Crippen molar-refractivity contribution in [3.8, 4) is 0 Å². The molecule has 0 radical (unpaired) electrons. The second-order valence-corrected chi connectivity index (χ2v) is 4.84. The molecular weight excluding hydrogens is 232 g/mol. The van der Waals surface area contributed by atoms with Gasteiger partial charge in [-0.3, -0.25) is 4.79 Å². The summed E-state index contributed by atoms with van der Waals surface area (Å²) >= 11 is 0. The Morgan fingerprint density at radius 1 is 1.28 bits per heavy atom. The molecular formula is C14H22O4. The van der Waals surface area contributed by atoms with E-state index in [-0.39, 0.29) is 5.57 Å². The average Bonchev–Trinajstić information content (AvgIpc) is 2.59. The quantitative estimate of drug-likeness (QED) is 0.411. The molecule has 4 heteroatoms. The van der Waals surface area contributed by atoms with Gasteiger partial charge in [-0.05, 0) is 12.8 Å². The van der Waals surface area contributed by atoms with Gasteiger partial charge in [-0.15, -0.1) is 0 Å². The number of cyclic esters (lactones) is 1. The lowest BCUT2D eigenvalue weighted by Gasteiger charge is -2.13. The number of carboxylic acid groups (broad SMARTS) is 1. The van der Waals surface area contributed by atoms with Gasteiger partial charge in [0.15, 0.2) is 0 Å². The third kappa shape index (κ3) is 3.86. The predicted molar refractivity (Wildman–Crippen MR) is 68.1 cm³/mol. The molecule has 0 aromatic rings. The number of carboxylic acids is 1. The fourth-order valence-corrected chi connectivity index (χ4v) is 2.29. The van der Waals surface area contributed by atoms with Crippen LogP contribution in [0.5, 0.6) is 0 Å². The summed E-state index contributed by atoms with van der Waals surface area (Å²) in [5.41, 5.74) is 0.0819. The molecule has 102 valence electrons. The Hall–Kier alpha value is -1.32. The van der Waals surface area contributed by atoms with Crippen molar-refractivity contribution < 1.29 is 19.4 Å². The number of ether oxygens (including phenoxy) is 1. The van der Waals surface area contributed by atoms with Gasteiger partial charge < -0.3 is 9.84 Å². The molecule has 1 fully saturated rings. The first-order valence-electron chi connectivity index (χ1n) is 6.70. The van der Waals surface area contributed by atoms with Gasteiger partial charge in [0.05, 0.1) is 0 Å². The first-order chi connectivity index (χ1) is 8.57. The van der Waals surface area contributed by atoms with Gasteiger partial charge >= 0.3 is 11.9 Å². The minimum atomic E-state index is -1.01. The predicted octanol–water partition coefficient (Wildman–Crippen LogP) is 2.92. The summed E-state index contributed by atoms with van der Waals surface area (Å²) < 4.78 is 5.06. The average molecular weight is 254 g/mol. The van der Waals surface area contributed by atoms with Crippen molar-refractivity contribution in [2.45, 2.75) is 58.0 Å². The molecule has 0 aromatic heterocycles. The van der Waals surface area contributed by atoms with Crippen molar-refractivity contribution in [3.05, 3.63) is 12.2 Å². The van der Waals surface area contributed by atoms with E-state index in [1.54, 1.807) is 0 Å². The van der Waals surface area contributed by atoms with Crippen LogP contribution in [0.3, 0.4) is 0 Å². The Morgan fingerprint density at radius 2 is 1.89 bits per heavy atom. The lowest BCUT2D eigenvalue weighted by molar-refractivity contribution is -0.144. The third-order valence-electron chi connectivity index (χ3n) is 3.38. The topological polar surface area (TPSA) is 63.6 Å². The summed E-state index contributed by atoms with van der Waals surface area (Å²) in [7, 11) is 0. The Balaban J connectivity index is 2.30. The Bertz CT molecular complexity index is 322. The lowest BCUT2D eigenvalue weighted by Crippen LogP contribution is -2.24. The summed E-state index contributed by atoms with van der Waals surface area (Å²) in [6.45, 7) is 5.67. The molecule has 0 aromatic carbocycles. The Kier molecular flexibility index (Phi) is 5.89. The number of unbranched alkanes of at least 4 members (excludes halogenated alkanes) is 5. The van der Waals surface area contributed by atoms with Crippen molar-refractivity contribution in [2.24, 2.45) is 5.92 Å². The summed E-state index contributed by atoms with van der Waals surface area (Å²) in [6, 6.07) is 0. The normalized spacial score (nSPS) is 23.2. The highest BCUT2D eigenvalue weighted by Gasteiger charge is 2.42. The Morgan fingerprint density at radius 3 is 2.50 bits per heavy atom. The third-order valence-corrected chi connectivity index (χ3v) is 3.38. The van der Waals surface area contributed by atoms with Gasteiger partial charge in [0.1, 0.15) is 12.0 Å². The molecule has 1 saturated heterocycles. The molecule has 1 N–H and O–H groups in total. The molecule has 0 unspecified atom stereocenters. The molecule has 2 atom stereocenters. The minimum absolute atomic E-state index is 0.0819. The SMILES string of the molecule is C=C1C(=O)O[C@@H](CCCCCCCC)[C@@H]1C(=O)O. The van der Waals surface area contributed by atoms with E-state index in [9.17, 15) is 9.59 Å². The highest BCUT2D eigenvalue weighted by Crippen LogP contribution is 2.30. The summed E-state index contributed by atoms with van der Waals surface area (Å²) in [5.74, 6) is -2.42. The van der Waals surface area contributed by atoms with Crippen LogP contribution in [-0.4, -0.2) is 23.1 Å². The van der Waals surface area contributed by atoms with Gasteiger partial charge in [0.2, 0.25) is 0 Å². The number of esters is 1. The number of hydrogen-bond donors (Lipinski definition) is 1. The number of carbonyl (C=O) groups is 2. The van der Waals surface area contributed by atoms with E-state index in [1.165, 1.54) is 19.3 Å². The van der Waals surface area contributed by atoms with E-state index >= 15 is 0 Å². The van der Waals surface area contributed by atoms with Crippen molar-refractivity contribution in [3.63, 3.8) is 0 Å². The zero-order valence-electron chi connectivity index (χ0n) is 11.0. The summed E-state index contributed by atoms with van der Waals surface area (Å²) in [5, 5.41) is 9.05. The van der Waals surface area contributed by atoms with Gasteiger partial charge in [0.25, 0.3) is 0 Å². The highest BCUT2D eigenvalue weighted by molar-refractivity contribution is 5.97. The molecule has 1 heterocycles. The maximum absolute atomic E-state index is 11.3. The maximum Gasteiger partial charge on any atom is 0.334 e. The van der Waals surface area contributed by atoms with Crippen molar-refractivity contribution in [1.29, 1.82) is 0 Å². The van der Waals surface area contributed by atoms with Crippen LogP contribution in [0.15, 0.2) is 12.2 Å². The number of hydrogen-bond acceptors (Lipinski definition) is 3. The molecule has 1 aliphatic heterocycles. The van der Waals surface area contributed by atoms with Gasteiger partial charge in [-0.25, -0.2) is 4.79 Å². The molecule has 0 aliphatic carbocycles. The molecule has 1 aliphatic rings. The van der Waals surface area contributed by atoms with Crippen LogP contribution in [0.1, 0.15) is 51.9 Å². The smallest absolute Gasteiger partial charge is 0.334 e. The van der Waals surface area contributed by atoms with Crippen LogP contribution in [0.25, 0.3) is 0 Å². The van der Waals surface area contributed by atoms with Crippen LogP contribution < -0.4 is 0 Å². The van der Waals surface area contributed by atoms with E-state index in [1.807, 2.05) is 0 Å². The molecule has 0 spiro atoms. The van der Waals surface area contributed by atoms with E-state index in [2.05, 4.69) is 13.5 Å². The summed E-state index contributed by atoms with van der Waals surface area (Å²) in [4.78, 5) is 22.3. The molecule has 18 heavy (non-hydrogen) atoms. The zero-order chi connectivity index (χ0) is 13.5. The van der Waals surface area contributed by atoms with Crippen LogP contribution in [0.4, 0.5) is 0 Å². The summed E-state index contributed by atoms with van der Waals surface area (Å²) in [6.07, 6.45) is 6.89. The number of aliphatic carboxylic acids is 1. The van der Waals surface area contributed by atoms with Crippen molar-refractivity contribution >= 4 is 11.9 Å². The largest absolute Gasteiger partial charge is 0.481 e. The van der Waals surface area contributed by atoms with E-state index in [4.69, 9.17) is 9.84 Å². The highest BCUT2D eigenvalue weighted by atomic mass is 16.6. The van der Waals surface area contributed by atoms with E-state index in [0.29, 0.717) is 6.42 Å². The molecule has 4 nitrogen and oxygen atoms in total. The zero-order valence-corrected chi connectivity index (χ0v) is 11.0. The van der Waals surface area contributed by atoms with Crippen LogP contribution in [0, 0.1) is 5.92 Å². The van der Waals surface area contributed by atoms with E-state index < -0.39 is 24.0 Å². The molecule has 0 saturated carbocycles. The van der Waals surface area contributed by atoms with Crippen LogP contribution in [0.2, 0.25) is 0 Å². The first-order valence-corrected chi connectivity index (χ1v) is 6.70. The Labute approximate surface area is 108 Å². The van der Waals surface area contributed by atoms with Crippen molar-refractivity contribution in [2.75, 3.05) is 0 Å². The van der Waals surface area contributed by atoms with E-state index in [0.717, 1.165) is 19.3 Å². The van der Waals surface area contributed by atoms with Gasteiger partial charge in [0, 0.05) is 5.57 Å². The first kappa shape index (κ1) is 14.7. The number of rotatable bonds is 8. The minimum Gasteiger partial charge on any atom is -0.481 e. The van der Waals surface area contributed by atoms with Gasteiger partial charge in [-0.2, -0.15) is 0 Å². The maximum atomic E-state index is 11.3. The lowest BCUT2D eigenvalue weighted by atomic mass is 9.93. The second kappa shape index (κ2) is 7.19. The standard InChI is InChI=1S/C14H22O4/c1-3-4-5-6-7-8-9-11-12(13(15)16)10(2)14(17)18-11/h11-12H,2-9H2,1H3,(H,15,16)/t11-,12+/m0/s1. The number of carbonyl (C=O) groups excluding carboxylic acids is 1. The fraction of sp³-hybridized carbons (Fsp3) is 0.714. The molecule has 0 amide bonds. The van der Waals surface area contributed by atoms with Gasteiger partial charge in [-0.1, -0.05) is 45.6 Å². The van der Waals surface area contributed by atoms with Crippen molar-refractivity contribution in [1.82, 2.24) is 0 Å². The molecule has 0 bridgehead atoms. The van der Waals surface area contributed by atoms with Crippen LogP contribution >= 0.6 is 0 Å².